The molecular weight excluding hydrogens is 160 g/mol. The highest BCUT2D eigenvalue weighted by Crippen LogP contribution is 2.20. The molecule has 78 valence electrons. The van der Waals surface area contributed by atoms with Gasteiger partial charge in [-0.25, -0.2) is 0 Å². The quantitative estimate of drug-likeness (QED) is 0.680. The second kappa shape index (κ2) is 5.61. The van der Waals surface area contributed by atoms with Crippen molar-refractivity contribution in [1.82, 2.24) is 4.90 Å². The van der Waals surface area contributed by atoms with E-state index in [1.165, 1.54) is 45.2 Å². The summed E-state index contributed by atoms with van der Waals surface area (Å²) in [6, 6.07) is 1.21. The molecule has 1 saturated carbocycles. The van der Waals surface area contributed by atoms with E-state index < -0.39 is 0 Å². The lowest BCUT2D eigenvalue weighted by molar-refractivity contribution is 0.193. The summed E-state index contributed by atoms with van der Waals surface area (Å²) in [4.78, 5) is 2.56. The van der Waals surface area contributed by atoms with Gasteiger partial charge in [0.05, 0.1) is 0 Å². The third-order valence-corrected chi connectivity index (χ3v) is 3.27. The van der Waals surface area contributed by atoms with Crippen LogP contribution >= 0.6 is 0 Å². The van der Waals surface area contributed by atoms with E-state index in [1.807, 2.05) is 0 Å². The molecular formula is C11H24N2. The summed E-state index contributed by atoms with van der Waals surface area (Å²) in [5.41, 5.74) is 6.05. The first-order chi connectivity index (χ1) is 6.27. The van der Waals surface area contributed by atoms with Crippen molar-refractivity contribution in [3.8, 4) is 0 Å². The van der Waals surface area contributed by atoms with E-state index in [9.17, 15) is 0 Å². The molecule has 2 unspecified atom stereocenters. The first-order valence-electron chi connectivity index (χ1n) is 5.77. The van der Waals surface area contributed by atoms with E-state index in [1.54, 1.807) is 0 Å². The van der Waals surface area contributed by atoms with Crippen LogP contribution in [0.1, 0.15) is 46.0 Å². The highest BCUT2D eigenvalue weighted by atomic mass is 15.1. The van der Waals surface area contributed by atoms with Crippen molar-refractivity contribution >= 4 is 0 Å². The molecule has 1 aliphatic rings. The van der Waals surface area contributed by atoms with Gasteiger partial charge in [-0.3, -0.25) is 0 Å². The Kier molecular flexibility index (Phi) is 4.74. The van der Waals surface area contributed by atoms with Crippen molar-refractivity contribution in [3.05, 3.63) is 0 Å². The number of hydrogen-bond acceptors (Lipinski definition) is 2. The zero-order valence-electron chi connectivity index (χ0n) is 9.13. The number of rotatable bonds is 3. The molecule has 2 N–H and O–H groups in total. The van der Waals surface area contributed by atoms with Crippen LogP contribution in [0.4, 0.5) is 0 Å². The minimum Gasteiger partial charge on any atom is -0.328 e. The third kappa shape index (κ3) is 3.28. The van der Waals surface area contributed by atoms with Crippen LogP contribution in [0.25, 0.3) is 0 Å². The van der Waals surface area contributed by atoms with E-state index in [-0.39, 0.29) is 0 Å². The molecule has 0 spiro atoms. The molecule has 2 atom stereocenters. The Hall–Kier alpha value is -0.0800. The Labute approximate surface area is 82.5 Å². The highest BCUT2D eigenvalue weighted by Gasteiger charge is 2.21. The van der Waals surface area contributed by atoms with Crippen molar-refractivity contribution in [3.63, 3.8) is 0 Å². The molecule has 0 bridgehead atoms. The summed E-state index contributed by atoms with van der Waals surface area (Å²) in [7, 11) is 0. The molecule has 1 aliphatic carbocycles. The molecule has 0 saturated heterocycles. The maximum absolute atomic E-state index is 6.05. The number of hydrogen-bond donors (Lipinski definition) is 1. The molecule has 0 aromatic rings. The van der Waals surface area contributed by atoms with Gasteiger partial charge in [0.15, 0.2) is 0 Å². The van der Waals surface area contributed by atoms with Crippen LogP contribution in [0.15, 0.2) is 0 Å². The van der Waals surface area contributed by atoms with Crippen molar-refractivity contribution in [2.24, 2.45) is 5.73 Å². The van der Waals surface area contributed by atoms with Gasteiger partial charge < -0.3 is 10.6 Å². The third-order valence-electron chi connectivity index (χ3n) is 3.27. The van der Waals surface area contributed by atoms with Crippen molar-refractivity contribution in [2.75, 3.05) is 13.1 Å². The second-order valence-electron chi connectivity index (χ2n) is 4.16. The fourth-order valence-electron chi connectivity index (χ4n) is 2.44. The Bertz CT molecular complexity index is 132. The molecule has 0 aliphatic heterocycles. The first kappa shape index (κ1) is 11.0. The Balaban J connectivity index is 2.45. The van der Waals surface area contributed by atoms with Crippen LogP contribution in [0.3, 0.4) is 0 Å². The summed E-state index contributed by atoms with van der Waals surface area (Å²) >= 11 is 0. The monoisotopic (exact) mass is 184 g/mol. The summed E-state index contributed by atoms with van der Waals surface area (Å²) < 4.78 is 0. The minimum absolute atomic E-state index is 0.452. The van der Waals surface area contributed by atoms with Gasteiger partial charge in [0, 0.05) is 12.1 Å². The SMILES string of the molecule is CCN(CC)C1CCCCC(N)C1. The first-order valence-corrected chi connectivity index (χ1v) is 5.77. The molecule has 0 aromatic heterocycles. The van der Waals surface area contributed by atoms with Gasteiger partial charge in [-0.15, -0.1) is 0 Å². The normalized spacial score (nSPS) is 30.5. The fourth-order valence-corrected chi connectivity index (χ4v) is 2.44. The Morgan fingerprint density at radius 1 is 1.15 bits per heavy atom. The van der Waals surface area contributed by atoms with Gasteiger partial charge in [-0.2, -0.15) is 0 Å². The molecule has 1 fully saturated rings. The van der Waals surface area contributed by atoms with Crippen LogP contribution in [-0.4, -0.2) is 30.1 Å². The van der Waals surface area contributed by atoms with Crippen LogP contribution in [0, 0.1) is 0 Å². The number of nitrogens with zero attached hydrogens (tertiary/aromatic N) is 1. The fraction of sp³-hybridized carbons (Fsp3) is 1.00. The maximum Gasteiger partial charge on any atom is 0.0110 e. The van der Waals surface area contributed by atoms with E-state index in [4.69, 9.17) is 5.73 Å². The van der Waals surface area contributed by atoms with Gasteiger partial charge in [0.25, 0.3) is 0 Å². The molecule has 0 amide bonds. The maximum atomic E-state index is 6.05. The van der Waals surface area contributed by atoms with E-state index in [0.29, 0.717) is 6.04 Å². The topological polar surface area (TPSA) is 29.3 Å². The predicted molar refractivity (Wildman–Crippen MR) is 57.8 cm³/mol. The van der Waals surface area contributed by atoms with Crippen LogP contribution < -0.4 is 5.73 Å². The van der Waals surface area contributed by atoms with Crippen LogP contribution in [0.2, 0.25) is 0 Å². The van der Waals surface area contributed by atoms with Crippen LogP contribution in [0.5, 0.6) is 0 Å². The van der Waals surface area contributed by atoms with Crippen molar-refractivity contribution in [2.45, 2.75) is 58.0 Å². The molecule has 2 heteroatoms. The average Bonchev–Trinajstić information content (AvgIpc) is 2.32. The van der Waals surface area contributed by atoms with Gasteiger partial charge in [0.1, 0.15) is 0 Å². The highest BCUT2D eigenvalue weighted by molar-refractivity contribution is 4.79. The zero-order chi connectivity index (χ0) is 9.68. The summed E-state index contributed by atoms with van der Waals surface area (Å²) in [6.45, 7) is 6.85. The van der Waals surface area contributed by atoms with Gasteiger partial charge in [0.2, 0.25) is 0 Å². The Morgan fingerprint density at radius 2 is 1.77 bits per heavy atom. The summed E-state index contributed by atoms with van der Waals surface area (Å²) in [6.07, 6.45) is 6.50. The molecule has 0 heterocycles. The van der Waals surface area contributed by atoms with Crippen LogP contribution in [-0.2, 0) is 0 Å². The number of nitrogens with two attached hydrogens (primary N) is 1. The summed E-state index contributed by atoms with van der Waals surface area (Å²) in [5.74, 6) is 0. The lowest BCUT2D eigenvalue weighted by Gasteiger charge is -2.29. The van der Waals surface area contributed by atoms with Gasteiger partial charge in [-0.1, -0.05) is 26.7 Å². The smallest absolute Gasteiger partial charge is 0.0110 e. The summed E-state index contributed by atoms with van der Waals surface area (Å²) in [5, 5.41) is 0. The average molecular weight is 184 g/mol. The molecule has 0 aromatic carbocycles. The Morgan fingerprint density at radius 3 is 2.38 bits per heavy atom. The van der Waals surface area contributed by atoms with Crippen molar-refractivity contribution in [1.29, 1.82) is 0 Å². The predicted octanol–water partition coefficient (Wildman–Crippen LogP) is 1.99. The second-order valence-corrected chi connectivity index (χ2v) is 4.16. The molecule has 13 heavy (non-hydrogen) atoms. The van der Waals surface area contributed by atoms with Gasteiger partial charge >= 0.3 is 0 Å². The molecule has 0 radical (unpaired) electrons. The molecule has 2 nitrogen and oxygen atoms in total. The lowest BCUT2D eigenvalue weighted by Crippen LogP contribution is -2.38. The van der Waals surface area contributed by atoms with E-state index >= 15 is 0 Å². The zero-order valence-corrected chi connectivity index (χ0v) is 9.13. The largest absolute Gasteiger partial charge is 0.328 e. The van der Waals surface area contributed by atoms with E-state index in [2.05, 4.69) is 18.7 Å². The minimum atomic E-state index is 0.452. The van der Waals surface area contributed by atoms with Crippen molar-refractivity contribution < 1.29 is 0 Å². The molecule has 1 rings (SSSR count). The van der Waals surface area contributed by atoms with Gasteiger partial charge in [-0.05, 0) is 32.4 Å². The lowest BCUT2D eigenvalue weighted by atomic mass is 10.0. The van der Waals surface area contributed by atoms with E-state index in [0.717, 1.165) is 6.04 Å². The standard InChI is InChI=1S/C11H24N2/c1-3-13(4-2)11-8-6-5-7-10(12)9-11/h10-11H,3-9,12H2,1-2H3.